The SMILES string of the molecule is CCCCN(N)c1ccc(C)cc1. The summed E-state index contributed by atoms with van der Waals surface area (Å²) >= 11 is 0. The van der Waals surface area contributed by atoms with Crippen LogP contribution >= 0.6 is 0 Å². The molecule has 0 saturated carbocycles. The van der Waals surface area contributed by atoms with Gasteiger partial charge in [-0.1, -0.05) is 31.0 Å². The van der Waals surface area contributed by atoms with Gasteiger partial charge >= 0.3 is 0 Å². The fourth-order valence-corrected chi connectivity index (χ4v) is 1.19. The van der Waals surface area contributed by atoms with Crippen LogP contribution in [0.4, 0.5) is 5.69 Å². The lowest BCUT2D eigenvalue weighted by Crippen LogP contribution is -2.31. The Bertz CT molecular complexity index is 241. The molecule has 1 aromatic rings. The number of anilines is 1. The summed E-state index contributed by atoms with van der Waals surface area (Å²) in [7, 11) is 0. The smallest absolute Gasteiger partial charge is 0.0517 e. The van der Waals surface area contributed by atoms with Crippen LogP contribution in [0.2, 0.25) is 0 Å². The first-order chi connectivity index (χ1) is 6.24. The fourth-order valence-electron chi connectivity index (χ4n) is 1.19. The third kappa shape index (κ3) is 3.07. The maximum atomic E-state index is 5.86. The Morgan fingerprint density at radius 3 is 2.38 bits per heavy atom. The molecule has 0 aliphatic carbocycles. The number of hydrogen-bond acceptors (Lipinski definition) is 2. The highest BCUT2D eigenvalue weighted by Gasteiger charge is 1.98. The van der Waals surface area contributed by atoms with Crippen molar-refractivity contribution in [1.29, 1.82) is 0 Å². The van der Waals surface area contributed by atoms with Crippen LogP contribution in [-0.2, 0) is 0 Å². The number of nitrogens with two attached hydrogens (primary N) is 1. The van der Waals surface area contributed by atoms with E-state index in [1.165, 1.54) is 12.0 Å². The van der Waals surface area contributed by atoms with E-state index < -0.39 is 0 Å². The fraction of sp³-hybridized carbons (Fsp3) is 0.455. The van der Waals surface area contributed by atoms with Crippen molar-refractivity contribution in [1.82, 2.24) is 0 Å². The summed E-state index contributed by atoms with van der Waals surface area (Å²) in [6, 6.07) is 8.29. The van der Waals surface area contributed by atoms with Crippen LogP contribution in [0.3, 0.4) is 0 Å². The summed E-state index contributed by atoms with van der Waals surface area (Å²) in [4.78, 5) is 0. The predicted octanol–water partition coefficient (Wildman–Crippen LogP) is 2.48. The molecule has 72 valence electrons. The van der Waals surface area contributed by atoms with Gasteiger partial charge in [0.05, 0.1) is 5.69 Å². The molecule has 2 heteroatoms. The molecule has 0 atom stereocenters. The summed E-state index contributed by atoms with van der Waals surface area (Å²) in [5.74, 6) is 5.86. The monoisotopic (exact) mass is 178 g/mol. The van der Waals surface area contributed by atoms with Crippen LogP contribution < -0.4 is 10.9 Å². The van der Waals surface area contributed by atoms with E-state index >= 15 is 0 Å². The zero-order chi connectivity index (χ0) is 9.68. The highest BCUT2D eigenvalue weighted by molar-refractivity contribution is 5.45. The van der Waals surface area contributed by atoms with Crippen LogP contribution in [-0.4, -0.2) is 6.54 Å². The van der Waals surface area contributed by atoms with Crippen LogP contribution in [0.1, 0.15) is 25.3 Å². The van der Waals surface area contributed by atoms with Crippen molar-refractivity contribution in [2.45, 2.75) is 26.7 Å². The maximum absolute atomic E-state index is 5.86. The van der Waals surface area contributed by atoms with E-state index in [-0.39, 0.29) is 0 Å². The Hall–Kier alpha value is -1.02. The molecule has 0 amide bonds. The summed E-state index contributed by atoms with van der Waals surface area (Å²) in [6.07, 6.45) is 2.32. The Labute approximate surface area is 80.3 Å². The van der Waals surface area contributed by atoms with E-state index in [2.05, 4.69) is 38.1 Å². The number of hydrogen-bond donors (Lipinski definition) is 1. The van der Waals surface area contributed by atoms with E-state index in [1.807, 2.05) is 5.01 Å². The van der Waals surface area contributed by atoms with Gasteiger partial charge in [-0.05, 0) is 25.5 Å². The number of hydrazine groups is 1. The second kappa shape index (κ2) is 4.87. The maximum Gasteiger partial charge on any atom is 0.0517 e. The Morgan fingerprint density at radius 2 is 1.85 bits per heavy atom. The third-order valence-corrected chi connectivity index (χ3v) is 2.12. The van der Waals surface area contributed by atoms with Crippen molar-refractivity contribution in [2.75, 3.05) is 11.6 Å². The molecule has 2 N–H and O–H groups in total. The minimum absolute atomic E-state index is 0.930. The summed E-state index contributed by atoms with van der Waals surface area (Å²) in [5.41, 5.74) is 2.37. The van der Waals surface area contributed by atoms with Gasteiger partial charge in [0.2, 0.25) is 0 Å². The molecule has 0 heterocycles. The predicted molar refractivity (Wildman–Crippen MR) is 57.6 cm³/mol. The number of benzene rings is 1. The molecule has 1 aromatic carbocycles. The van der Waals surface area contributed by atoms with Crippen molar-refractivity contribution < 1.29 is 0 Å². The van der Waals surface area contributed by atoms with Crippen LogP contribution in [0.5, 0.6) is 0 Å². The molecule has 0 spiro atoms. The third-order valence-electron chi connectivity index (χ3n) is 2.12. The van der Waals surface area contributed by atoms with Gasteiger partial charge in [-0.2, -0.15) is 0 Å². The second-order valence-electron chi connectivity index (χ2n) is 3.38. The van der Waals surface area contributed by atoms with Crippen molar-refractivity contribution >= 4 is 5.69 Å². The highest BCUT2D eigenvalue weighted by atomic mass is 15.4. The highest BCUT2D eigenvalue weighted by Crippen LogP contribution is 2.12. The number of nitrogens with zero attached hydrogens (tertiary/aromatic N) is 1. The number of aryl methyl sites for hydroxylation is 1. The quantitative estimate of drug-likeness (QED) is 0.567. The minimum atomic E-state index is 0.930. The van der Waals surface area contributed by atoms with Gasteiger partial charge in [0, 0.05) is 6.54 Å². The number of unbranched alkanes of at least 4 members (excludes halogenated alkanes) is 1. The minimum Gasteiger partial charge on any atom is -0.311 e. The molecule has 0 aliphatic rings. The first-order valence-electron chi connectivity index (χ1n) is 4.83. The van der Waals surface area contributed by atoms with E-state index in [0.29, 0.717) is 0 Å². The lowest BCUT2D eigenvalue weighted by molar-refractivity contribution is 0.738. The van der Waals surface area contributed by atoms with Gasteiger partial charge in [-0.3, -0.25) is 0 Å². The van der Waals surface area contributed by atoms with Crippen molar-refractivity contribution in [3.8, 4) is 0 Å². The summed E-state index contributed by atoms with van der Waals surface area (Å²) in [5, 5.41) is 1.81. The Balaban J connectivity index is 2.55. The second-order valence-corrected chi connectivity index (χ2v) is 3.38. The topological polar surface area (TPSA) is 29.3 Å². The van der Waals surface area contributed by atoms with Crippen molar-refractivity contribution in [3.05, 3.63) is 29.8 Å². The van der Waals surface area contributed by atoms with E-state index in [4.69, 9.17) is 5.84 Å². The molecule has 2 nitrogen and oxygen atoms in total. The average Bonchev–Trinajstić information content (AvgIpc) is 2.15. The zero-order valence-electron chi connectivity index (χ0n) is 8.46. The summed E-state index contributed by atoms with van der Waals surface area (Å²) in [6.45, 7) is 5.18. The lowest BCUT2D eigenvalue weighted by Gasteiger charge is -2.18. The molecule has 0 radical (unpaired) electrons. The normalized spacial score (nSPS) is 10.1. The average molecular weight is 178 g/mol. The molecule has 0 saturated heterocycles. The van der Waals surface area contributed by atoms with Crippen molar-refractivity contribution in [2.24, 2.45) is 5.84 Å². The molecule has 0 bridgehead atoms. The molecule has 0 aliphatic heterocycles. The Morgan fingerprint density at radius 1 is 1.23 bits per heavy atom. The first-order valence-corrected chi connectivity index (χ1v) is 4.83. The molecular weight excluding hydrogens is 160 g/mol. The number of rotatable bonds is 4. The van der Waals surface area contributed by atoms with Gasteiger partial charge in [-0.15, -0.1) is 0 Å². The largest absolute Gasteiger partial charge is 0.311 e. The molecule has 0 aromatic heterocycles. The van der Waals surface area contributed by atoms with Gasteiger partial charge in [0.15, 0.2) is 0 Å². The van der Waals surface area contributed by atoms with Crippen LogP contribution in [0.15, 0.2) is 24.3 Å². The molecular formula is C11H18N2. The zero-order valence-corrected chi connectivity index (χ0v) is 8.46. The molecule has 1 rings (SSSR count). The lowest BCUT2D eigenvalue weighted by atomic mass is 10.2. The van der Waals surface area contributed by atoms with E-state index in [1.54, 1.807) is 0 Å². The van der Waals surface area contributed by atoms with E-state index in [9.17, 15) is 0 Å². The molecule has 0 fully saturated rings. The standard InChI is InChI=1S/C11H18N2/c1-3-4-9-13(12)11-7-5-10(2)6-8-11/h5-8H,3-4,9,12H2,1-2H3. The van der Waals surface area contributed by atoms with Gasteiger partial charge in [0.1, 0.15) is 0 Å². The van der Waals surface area contributed by atoms with Gasteiger partial charge < -0.3 is 5.01 Å². The van der Waals surface area contributed by atoms with E-state index in [0.717, 1.165) is 18.7 Å². The van der Waals surface area contributed by atoms with Gasteiger partial charge in [0.25, 0.3) is 0 Å². The van der Waals surface area contributed by atoms with Gasteiger partial charge in [-0.25, -0.2) is 5.84 Å². The van der Waals surface area contributed by atoms with Crippen molar-refractivity contribution in [3.63, 3.8) is 0 Å². The summed E-state index contributed by atoms with van der Waals surface area (Å²) < 4.78 is 0. The molecule has 13 heavy (non-hydrogen) atoms. The molecule has 0 unspecified atom stereocenters. The first kappa shape index (κ1) is 10.1. The van der Waals surface area contributed by atoms with Crippen LogP contribution in [0, 0.1) is 6.92 Å². The van der Waals surface area contributed by atoms with Crippen LogP contribution in [0.25, 0.3) is 0 Å². The Kier molecular flexibility index (Phi) is 3.77.